The molecule has 0 spiro atoms. The number of furan rings is 1. The standard InChI is InChI=1S/C33H23N3O/c1-4-10-22(11-5-1)25-16-18-27-28-19-17-26(21-30(28)37-29(27)20-25)33-35-31(23-12-6-2-7-13-23)34-32(36-33)24-14-8-3-9-15-24/h1-21,31H,(H,34,35,36). The molecule has 7 rings (SSSR count). The predicted molar refractivity (Wildman–Crippen MR) is 151 cm³/mol. The van der Waals surface area contributed by atoms with Gasteiger partial charge in [0.15, 0.2) is 5.84 Å². The molecule has 0 radical (unpaired) electrons. The van der Waals surface area contributed by atoms with Crippen molar-refractivity contribution in [3.63, 3.8) is 0 Å². The number of hydrogen-bond donors (Lipinski definition) is 1. The van der Waals surface area contributed by atoms with Crippen LogP contribution in [0.3, 0.4) is 0 Å². The Hall–Kier alpha value is -4.96. The molecule has 1 unspecified atom stereocenters. The van der Waals surface area contributed by atoms with Crippen LogP contribution in [0.1, 0.15) is 22.9 Å². The van der Waals surface area contributed by atoms with Gasteiger partial charge in [0, 0.05) is 21.9 Å². The highest BCUT2D eigenvalue weighted by molar-refractivity contribution is 6.15. The zero-order valence-corrected chi connectivity index (χ0v) is 20.0. The summed E-state index contributed by atoms with van der Waals surface area (Å²) in [6, 6.07) is 43.4. The van der Waals surface area contributed by atoms with E-state index < -0.39 is 0 Å². The van der Waals surface area contributed by atoms with Crippen LogP contribution in [-0.4, -0.2) is 11.7 Å². The van der Waals surface area contributed by atoms with Gasteiger partial charge in [0.25, 0.3) is 0 Å². The Balaban J connectivity index is 1.33. The monoisotopic (exact) mass is 477 g/mol. The summed E-state index contributed by atoms with van der Waals surface area (Å²) in [7, 11) is 0. The van der Waals surface area contributed by atoms with Crippen molar-refractivity contribution in [1.82, 2.24) is 5.32 Å². The van der Waals surface area contributed by atoms with Gasteiger partial charge >= 0.3 is 0 Å². The molecule has 1 N–H and O–H groups in total. The first-order valence-corrected chi connectivity index (χ1v) is 12.4. The van der Waals surface area contributed by atoms with E-state index >= 15 is 0 Å². The first kappa shape index (κ1) is 21.3. The lowest BCUT2D eigenvalue weighted by Gasteiger charge is -2.23. The first-order valence-electron chi connectivity index (χ1n) is 12.4. The van der Waals surface area contributed by atoms with Crippen molar-refractivity contribution in [2.75, 3.05) is 0 Å². The number of fused-ring (bicyclic) bond motifs is 3. The SMILES string of the molecule is c1ccc(C2=NC(c3ccc4c(c3)oc3cc(-c5ccccc5)ccc34)=NC(c3ccccc3)N2)cc1. The lowest BCUT2D eigenvalue weighted by Crippen LogP contribution is -2.33. The number of rotatable bonds is 4. The topological polar surface area (TPSA) is 49.9 Å². The van der Waals surface area contributed by atoms with Crippen LogP contribution in [0.4, 0.5) is 0 Å². The third-order valence-corrected chi connectivity index (χ3v) is 6.74. The number of benzene rings is 5. The molecule has 1 aromatic heterocycles. The number of nitrogens with one attached hydrogen (secondary N) is 1. The maximum Gasteiger partial charge on any atom is 0.159 e. The summed E-state index contributed by atoms with van der Waals surface area (Å²) in [5.41, 5.74) is 7.03. The fourth-order valence-corrected chi connectivity index (χ4v) is 4.85. The molecule has 1 atom stereocenters. The second-order valence-corrected chi connectivity index (χ2v) is 9.13. The number of aliphatic imine (C=N–C) groups is 2. The predicted octanol–water partition coefficient (Wildman–Crippen LogP) is 7.75. The zero-order valence-electron chi connectivity index (χ0n) is 20.0. The molecule has 1 aliphatic rings. The van der Waals surface area contributed by atoms with Crippen LogP contribution in [0.2, 0.25) is 0 Å². The molecule has 5 aromatic carbocycles. The summed E-state index contributed by atoms with van der Waals surface area (Å²) >= 11 is 0. The highest BCUT2D eigenvalue weighted by atomic mass is 16.3. The van der Waals surface area contributed by atoms with Gasteiger partial charge in [-0.2, -0.15) is 0 Å². The van der Waals surface area contributed by atoms with E-state index in [9.17, 15) is 0 Å². The summed E-state index contributed by atoms with van der Waals surface area (Å²) in [5, 5.41) is 5.69. The Bertz CT molecular complexity index is 1790. The van der Waals surface area contributed by atoms with Crippen molar-refractivity contribution in [3.8, 4) is 11.1 Å². The molecule has 1 aliphatic heterocycles. The van der Waals surface area contributed by atoms with Gasteiger partial charge in [0.1, 0.15) is 23.2 Å². The maximum absolute atomic E-state index is 6.35. The zero-order chi connectivity index (χ0) is 24.6. The number of nitrogens with zero attached hydrogens (tertiary/aromatic N) is 2. The van der Waals surface area contributed by atoms with E-state index in [1.165, 1.54) is 5.56 Å². The molecule has 2 heterocycles. The summed E-state index contributed by atoms with van der Waals surface area (Å²) in [6.45, 7) is 0. The van der Waals surface area contributed by atoms with Crippen LogP contribution >= 0.6 is 0 Å². The molecule has 4 heteroatoms. The summed E-state index contributed by atoms with van der Waals surface area (Å²) in [6.07, 6.45) is -0.233. The largest absolute Gasteiger partial charge is 0.456 e. The molecule has 0 saturated heterocycles. The van der Waals surface area contributed by atoms with Crippen LogP contribution in [0.25, 0.3) is 33.1 Å². The minimum absolute atomic E-state index is 0.233. The Morgan fingerprint density at radius 1 is 0.541 bits per heavy atom. The van der Waals surface area contributed by atoms with Crippen molar-refractivity contribution >= 4 is 33.6 Å². The Labute approximate surface area is 214 Å². The van der Waals surface area contributed by atoms with Crippen molar-refractivity contribution in [2.45, 2.75) is 6.17 Å². The normalized spacial score (nSPS) is 15.3. The van der Waals surface area contributed by atoms with Crippen LogP contribution in [-0.2, 0) is 0 Å². The van der Waals surface area contributed by atoms with Gasteiger partial charge in [0.2, 0.25) is 0 Å². The summed E-state index contributed by atoms with van der Waals surface area (Å²) in [4.78, 5) is 9.92. The smallest absolute Gasteiger partial charge is 0.159 e. The van der Waals surface area contributed by atoms with Crippen molar-refractivity contribution in [2.24, 2.45) is 9.98 Å². The molecule has 0 fully saturated rings. The molecule has 0 saturated carbocycles. The highest BCUT2D eigenvalue weighted by Gasteiger charge is 2.21. The Kier molecular flexibility index (Phi) is 5.14. The van der Waals surface area contributed by atoms with E-state index in [0.29, 0.717) is 5.84 Å². The second kappa shape index (κ2) is 8.92. The van der Waals surface area contributed by atoms with Crippen LogP contribution in [0.15, 0.2) is 142 Å². The molecular formula is C33H23N3O. The van der Waals surface area contributed by atoms with Crippen molar-refractivity contribution < 1.29 is 4.42 Å². The number of amidine groups is 2. The molecule has 176 valence electrons. The van der Waals surface area contributed by atoms with Gasteiger partial charge in [-0.15, -0.1) is 0 Å². The molecule has 0 aliphatic carbocycles. The van der Waals surface area contributed by atoms with E-state index in [2.05, 4.69) is 90.2 Å². The third-order valence-electron chi connectivity index (χ3n) is 6.74. The van der Waals surface area contributed by atoms with Gasteiger partial charge < -0.3 is 9.73 Å². The summed E-state index contributed by atoms with van der Waals surface area (Å²) < 4.78 is 6.35. The van der Waals surface area contributed by atoms with Gasteiger partial charge in [-0.3, -0.25) is 0 Å². The lowest BCUT2D eigenvalue weighted by atomic mass is 10.0. The van der Waals surface area contributed by atoms with E-state index in [1.54, 1.807) is 0 Å². The maximum atomic E-state index is 6.35. The lowest BCUT2D eigenvalue weighted by molar-refractivity contribution is 0.667. The van der Waals surface area contributed by atoms with Gasteiger partial charge in [-0.05, 0) is 41.0 Å². The molecule has 0 amide bonds. The fourth-order valence-electron chi connectivity index (χ4n) is 4.85. The van der Waals surface area contributed by atoms with Crippen LogP contribution < -0.4 is 5.32 Å². The minimum atomic E-state index is -0.233. The number of hydrogen-bond acceptors (Lipinski definition) is 4. The summed E-state index contributed by atoms with van der Waals surface area (Å²) in [5.74, 6) is 1.48. The molecule has 6 aromatic rings. The Morgan fingerprint density at radius 2 is 1.11 bits per heavy atom. The van der Waals surface area contributed by atoms with E-state index in [0.717, 1.165) is 50.0 Å². The molecular weight excluding hydrogens is 454 g/mol. The average molecular weight is 478 g/mol. The molecule has 4 nitrogen and oxygen atoms in total. The van der Waals surface area contributed by atoms with Gasteiger partial charge in [0.05, 0.1) is 0 Å². The van der Waals surface area contributed by atoms with Crippen molar-refractivity contribution in [1.29, 1.82) is 0 Å². The van der Waals surface area contributed by atoms with E-state index in [4.69, 9.17) is 14.4 Å². The molecule has 0 bridgehead atoms. The minimum Gasteiger partial charge on any atom is -0.456 e. The second-order valence-electron chi connectivity index (χ2n) is 9.13. The van der Waals surface area contributed by atoms with E-state index in [1.807, 2.05) is 42.5 Å². The van der Waals surface area contributed by atoms with Gasteiger partial charge in [-0.25, -0.2) is 9.98 Å². The molecule has 37 heavy (non-hydrogen) atoms. The highest BCUT2D eigenvalue weighted by Crippen LogP contribution is 2.33. The first-order chi connectivity index (χ1) is 18.3. The fraction of sp³-hybridized carbons (Fsp3) is 0.0303. The average Bonchev–Trinajstić information content (AvgIpc) is 3.35. The quantitative estimate of drug-likeness (QED) is 0.282. The van der Waals surface area contributed by atoms with Gasteiger partial charge in [-0.1, -0.05) is 103 Å². The van der Waals surface area contributed by atoms with Crippen molar-refractivity contribution in [3.05, 3.63) is 144 Å². The van der Waals surface area contributed by atoms with E-state index in [-0.39, 0.29) is 6.17 Å². The van der Waals surface area contributed by atoms with Crippen LogP contribution in [0, 0.1) is 0 Å². The Morgan fingerprint density at radius 3 is 1.78 bits per heavy atom. The third kappa shape index (κ3) is 3.99. The van der Waals surface area contributed by atoms with Crippen LogP contribution in [0.5, 0.6) is 0 Å².